The van der Waals surface area contributed by atoms with Crippen LogP contribution in [0, 0.1) is 0 Å². The van der Waals surface area contributed by atoms with E-state index in [1.165, 1.54) is 29.8 Å². The molecule has 1 atom stereocenters. The first-order valence-corrected chi connectivity index (χ1v) is 12.4. The Labute approximate surface area is 204 Å². The molecule has 190 valence electrons. The molecule has 0 aliphatic carbocycles. The Morgan fingerprint density at radius 3 is 2.35 bits per heavy atom. The molecule has 1 amide bonds. The zero-order valence-corrected chi connectivity index (χ0v) is 20.7. The number of halogens is 4. The van der Waals surface area contributed by atoms with Crippen molar-refractivity contribution in [3.8, 4) is 0 Å². The zero-order chi connectivity index (χ0) is 24.5. The second-order valence-corrected chi connectivity index (χ2v) is 10.3. The zero-order valence-electron chi connectivity index (χ0n) is 19.9. The number of piperidine rings is 1. The quantitative estimate of drug-likeness (QED) is 0.601. The molecule has 34 heavy (non-hydrogen) atoms. The number of benzene rings is 1. The number of carbonyl (C=O) groups excluding carboxylic acids is 1. The normalized spacial score (nSPS) is 22.9. The summed E-state index contributed by atoms with van der Waals surface area (Å²) in [6, 6.07) is 6.01. The fourth-order valence-corrected chi connectivity index (χ4v) is 5.62. The van der Waals surface area contributed by atoms with E-state index in [1.807, 2.05) is 12.1 Å². The first-order valence-electron chi connectivity index (χ1n) is 12.1. The number of anilines is 1. The molecule has 1 aromatic carbocycles. The van der Waals surface area contributed by atoms with Crippen LogP contribution in [0.2, 0.25) is 5.02 Å². The molecule has 1 aromatic rings. The van der Waals surface area contributed by atoms with E-state index in [0.29, 0.717) is 43.3 Å². The summed E-state index contributed by atoms with van der Waals surface area (Å²) < 4.78 is 42.6. The van der Waals surface area contributed by atoms with Crippen LogP contribution >= 0.6 is 11.6 Å². The molecular weight excluding hydrogens is 469 g/mol. The van der Waals surface area contributed by atoms with Crippen LogP contribution < -0.4 is 4.90 Å². The van der Waals surface area contributed by atoms with E-state index in [-0.39, 0.29) is 0 Å². The molecule has 1 spiro atoms. The summed E-state index contributed by atoms with van der Waals surface area (Å²) in [6.45, 7) is 6.55. The first-order chi connectivity index (χ1) is 16.1. The molecule has 3 saturated heterocycles. The average Bonchev–Trinajstić information content (AvgIpc) is 3.14. The van der Waals surface area contributed by atoms with Crippen LogP contribution in [0.5, 0.6) is 0 Å². The standard InChI is InChI=1S/C24H34ClF3N4O2/c1-18(24(26,27)28)34-22(33)32-14-12-30(13-15-32)17-19-4-5-20(25)16-21(19)31-10-7-23(8-11-31)6-3-9-29(23)2/h4-5,16,18H,3,6-15,17H2,1-2H3. The molecule has 0 aromatic heterocycles. The highest BCUT2D eigenvalue weighted by Gasteiger charge is 2.42. The predicted octanol–water partition coefficient (Wildman–Crippen LogP) is 4.61. The number of rotatable bonds is 4. The monoisotopic (exact) mass is 502 g/mol. The summed E-state index contributed by atoms with van der Waals surface area (Å²) in [7, 11) is 2.24. The van der Waals surface area contributed by atoms with Crippen LogP contribution in [-0.4, -0.2) is 91.5 Å². The predicted molar refractivity (Wildman–Crippen MR) is 126 cm³/mol. The van der Waals surface area contributed by atoms with Crippen molar-refractivity contribution >= 4 is 23.4 Å². The lowest BCUT2D eigenvalue weighted by Crippen LogP contribution is -2.51. The smallest absolute Gasteiger partial charge is 0.425 e. The number of piperazine rings is 1. The summed E-state index contributed by atoms with van der Waals surface area (Å²) in [4.78, 5) is 20.6. The van der Waals surface area contributed by atoms with Gasteiger partial charge in [-0.05, 0) is 63.9 Å². The molecular formula is C24H34ClF3N4O2. The fourth-order valence-electron chi connectivity index (χ4n) is 5.46. The molecule has 1 unspecified atom stereocenters. The van der Waals surface area contributed by atoms with Gasteiger partial charge in [0.2, 0.25) is 0 Å². The van der Waals surface area contributed by atoms with Gasteiger partial charge in [0.25, 0.3) is 0 Å². The van der Waals surface area contributed by atoms with Gasteiger partial charge in [-0.15, -0.1) is 0 Å². The topological polar surface area (TPSA) is 39.3 Å². The van der Waals surface area contributed by atoms with Crippen molar-refractivity contribution in [1.82, 2.24) is 14.7 Å². The summed E-state index contributed by atoms with van der Waals surface area (Å²) >= 11 is 6.36. The van der Waals surface area contributed by atoms with Crippen molar-refractivity contribution in [3.63, 3.8) is 0 Å². The van der Waals surface area contributed by atoms with E-state index in [0.717, 1.165) is 38.5 Å². The van der Waals surface area contributed by atoms with Crippen LogP contribution in [0.4, 0.5) is 23.7 Å². The third kappa shape index (κ3) is 5.57. The van der Waals surface area contributed by atoms with Gasteiger partial charge in [0.1, 0.15) is 0 Å². The molecule has 3 heterocycles. The third-order valence-electron chi connectivity index (χ3n) is 7.79. The van der Waals surface area contributed by atoms with Crippen molar-refractivity contribution in [3.05, 3.63) is 28.8 Å². The highest BCUT2D eigenvalue weighted by Crippen LogP contribution is 2.39. The molecule has 3 fully saturated rings. The number of amides is 1. The molecule has 4 rings (SSSR count). The summed E-state index contributed by atoms with van der Waals surface area (Å²) in [5, 5.41) is 0.711. The van der Waals surface area contributed by atoms with Gasteiger partial charge in [0.15, 0.2) is 6.10 Å². The van der Waals surface area contributed by atoms with Gasteiger partial charge in [-0.25, -0.2) is 4.79 Å². The maximum atomic E-state index is 12.7. The fraction of sp³-hybridized carbons (Fsp3) is 0.708. The minimum atomic E-state index is -4.55. The van der Waals surface area contributed by atoms with Crippen LogP contribution in [0.1, 0.15) is 38.2 Å². The molecule has 0 N–H and O–H groups in total. The number of likely N-dealkylation sites (tertiary alicyclic amines) is 1. The van der Waals surface area contributed by atoms with E-state index in [2.05, 4.69) is 32.6 Å². The Hall–Kier alpha value is -1.71. The SMILES string of the molecule is CC(OC(=O)N1CCN(Cc2ccc(Cl)cc2N2CCC3(CCCN3C)CC2)CC1)C(F)(F)F. The van der Waals surface area contributed by atoms with Gasteiger partial charge in [-0.2, -0.15) is 13.2 Å². The van der Waals surface area contributed by atoms with Crippen LogP contribution in [-0.2, 0) is 11.3 Å². The molecule has 0 radical (unpaired) electrons. The molecule has 10 heteroatoms. The maximum absolute atomic E-state index is 12.7. The largest absolute Gasteiger partial charge is 0.437 e. The molecule has 0 bridgehead atoms. The number of hydrogen-bond acceptors (Lipinski definition) is 5. The summed E-state index contributed by atoms with van der Waals surface area (Å²) in [5.74, 6) is 0. The van der Waals surface area contributed by atoms with Crippen molar-refractivity contribution in [2.75, 3.05) is 57.8 Å². The van der Waals surface area contributed by atoms with Crippen LogP contribution in [0.15, 0.2) is 18.2 Å². The lowest BCUT2D eigenvalue weighted by Gasteiger charge is -2.45. The highest BCUT2D eigenvalue weighted by molar-refractivity contribution is 6.30. The third-order valence-corrected chi connectivity index (χ3v) is 8.03. The molecule has 3 aliphatic heterocycles. The Kier molecular flexibility index (Phi) is 7.55. The second kappa shape index (κ2) is 10.1. The lowest BCUT2D eigenvalue weighted by molar-refractivity contribution is -0.200. The Bertz CT molecular complexity index is 868. The Balaban J connectivity index is 1.34. The van der Waals surface area contributed by atoms with Gasteiger partial charge >= 0.3 is 12.3 Å². The average molecular weight is 503 g/mol. The number of hydrogen-bond donors (Lipinski definition) is 0. The summed E-state index contributed by atoms with van der Waals surface area (Å²) in [6.07, 6.45) is -2.73. The van der Waals surface area contributed by atoms with Crippen LogP contribution in [0.25, 0.3) is 0 Å². The van der Waals surface area contributed by atoms with Crippen molar-refractivity contribution in [1.29, 1.82) is 0 Å². The van der Waals surface area contributed by atoms with Gasteiger partial charge in [-0.1, -0.05) is 17.7 Å². The van der Waals surface area contributed by atoms with Crippen molar-refractivity contribution in [2.24, 2.45) is 0 Å². The van der Waals surface area contributed by atoms with E-state index in [1.54, 1.807) is 0 Å². The van der Waals surface area contributed by atoms with Gasteiger partial charge in [-0.3, -0.25) is 4.90 Å². The number of alkyl halides is 3. The van der Waals surface area contributed by atoms with Gasteiger partial charge in [0, 0.05) is 62.1 Å². The van der Waals surface area contributed by atoms with E-state index in [9.17, 15) is 18.0 Å². The molecule has 0 saturated carbocycles. The lowest BCUT2D eigenvalue weighted by atomic mass is 9.85. The van der Waals surface area contributed by atoms with Gasteiger partial charge < -0.3 is 19.4 Å². The molecule has 3 aliphatic rings. The Morgan fingerprint density at radius 2 is 1.76 bits per heavy atom. The number of carbonyl (C=O) groups is 1. The second-order valence-electron chi connectivity index (χ2n) is 9.84. The van der Waals surface area contributed by atoms with Gasteiger partial charge in [0.05, 0.1) is 0 Å². The van der Waals surface area contributed by atoms with E-state index < -0.39 is 18.4 Å². The Morgan fingerprint density at radius 1 is 1.09 bits per heavy atom. The van der Waals surface area contributed by atoms with Crippen molar-refractivity contribution in [2.45, 2.75) is 57.0 Å². The number of nitrogens with zero attached hydrogens (tertiary/aromatic N) is 4. The highest BCUT2D eigenvalue weighted by atomic mass is 35.5. The molecule has 6 nitrogen and oxygen atoms in total. The van der Waals surface area contributed by atoms with Crippen molar-refractivity contribution < 1.29 is 22.7 Å². The van der Waals surface area contributed by atoms with E-state index in [4.69, 9.17) is 11.6 Å². The maximum Gasteiger partial charge on any atom is 0.425 e. The van der Waals surface area contributed by atoms with E-state index >= 15 is 0 Å². The summed E-state index contributed by atoms with van der Waals surface area (Å²) in [5.41, 5.74) is 2.68. The first kappa shape index (κ1) is 25.4. The minimum absolute atomic E-state index is 0.337. The minimum Gasteiger partial charge on any atom is -0.437 e. The van der Waals surface area contributed by atoms with Crippen LogP contribution in [0.3, 0.4) is 0 Å². The number of ether oxygens (including phenoxy) is 1.